The lowest BCUT2D eigenvalue weighted by Crippen LogP contribution is -2.30. The van der Waals surface area contributed by atoms with E-state index in [9.17, 15) is 4.79 Å². The van der Waals surface area contributed by atoms with Crippen LogP contribution >= 0.6 is 11.6 Å². The largest absolute Gasteiger partial charge is 0.467 e. The van der Waals surface area contributed by atoms with Crippen LogP contribution in [0.25, 0.3) is 11.3 Å². The molecule has 0 saturated heterocycles. The Labute approximate surface area is 166 Å². The number of rotatable bonds is 6. The second-order valence-electron chi connectivity index (χ2n) is 6.34. The number of amides is 1. The van der Waals surface area contributed by atoms with E-state index in [0.717, 1.165) is 11.3 Å². The van der Waals surface area contributed by atoms with E-state index >= 15 is 0 Å². The molecule has 1 amide bonds. The van der Waals surface area contributed by atoms with Crippen molar-refractivity contribution in [2.75, 3.05) is 0 Å². The van der Waals surface area contributed by atoms with Crippen molar-refractivity contribution in [1.29, 1.82) is 0 Å². The SMILES string of the molecule is Cc1ccc(CN(Cc2ccco2)C(=O)c2cc(-c3ccc(Cl)cc3)on2)o1. The van der Waals surface area contributed by atoms with Crippen LogP contribution in [0.2, 0.25) is 5.02 Å². The second-order valence-corrected chi connectivity index (χ2v) is 6.77. The van der Waals surface area contributed by atoms with Gasteiger partial charge in [-0.2, -0.15) is 0 Å². The molecule has 0 aliphatic carbocycles. The highest BCUT2D eigenvalue weighted by Gasteiger charge is 2.23. The molecule has 6 nitrogen and oxygen atoms in total. The van der Waals surface area contributed by atoms with Gasteiger partial charge in [-0.05, 0) is 55.5 Å². The summed E-state index contributed by atoms with van der Waals surface area (Å²) in [6.07, 6.45) is 1.57. The Kier molecular flexibility index (Phi) is 5.04. The maximum absolute atomic E-state index is 13.1. The Morgan fingerprint density at radius 2 is 1.86 bits per heavy atom. The Bertz CT molecular complexity index is 1060. The summed E-state index contributed by atoms with van der Waals surface area (Å²) >= 11 is 5.92. The molecule has 0 saturated carbocycles. The molecule has 0 atom stereocenters. The summed E-state index contributed by atoms with van der Waals surface area (Å²) < 4.78 is 16.4. The smallest absolute Gasteiger partial charge is 0.276 e. The molecule has 0 unspecified atom stereocenters. The average Bonchev–Trinajstić information content (AvgIpc) is 3.44. The molecule has 0 spiro atoms. The summed E-state index contributed by atoms with van der Waals surface area (Å²) in [4.78, 5) is 14.7. The molecule has 142 valence electrons. The Morgan fingerprint density at radius 1 is 1.07 bits per heavy atom. The van der Waals surface area contributed by atoms with Gasteiger partial charge < -0.3 is 18.3 Å². The number of nitrogens with zero attached hydrogens (tertiary/aromatic N) is 2. The Morgan fingerprint density at radius 3 is 2.54 bits per heavy atom. The van der Waals surface area contributed by atoms with Crippen LogP contribution in [0.5, 0.6) is 0 Å². The van der Waals surface area contributed by atoms with Gasteiger partial charge in [-0.15, -0.1) is 0 Å². The lowest BCUT2D eigenvalue weighted by Gasteiger charge is -2.19. The predicted octanol–water partition coefficient (Wildman–Crippen LogP) is 5.33. The van der Waals surface area contributed by atoms with Crippen LogP contribution in [0, 0.1) is 6.92 Å². The van der Waals surface area contributed by atoms with Gasteiger partial charge in [0.15, 0.2) is 11.5 Å². The Balaban J connectivity index is 1.58. The highest BCUT2D eigenvalue weighted by Crippen LogP contribution is 2.24. The maximum Gasteiger partial charge on any atom is 0.276 e. The van der Waals surface area contributed by atoms with Gasteiger partial charge >= 0.3 is 0 Å². The first-order valence-electron chi connectivity index (χ1n) is 8.68. The second kappa shape index (κ2) is 7.78. The minimum atomic E-state index is -0.283. The summed E-state index contributed by atoms with van der Waals surface area (Å²) in [6.45, 7) is 2.43. The molecule has 4 aromatic rings. The minimum absolute atomic E-state index is 0.208. The van der Waals surface area contributed by atoms with E-state index in [0.29, 0.717) is 22.3 Å². The number of furan rings is 2. The van der Waals surface area contributed by atoms with Crippen molar-refractivity contribution in [3.05, 3.63) is 88.9 Å². The van der Waals surface area contributed by atoms with Gasteiger partial charge in [0.1, 0.15) is 17.3 Å². The van der Waals surface area contributed by atoms with Gasteiger partial charge in [-0.25, -0.2) is 0 Å². The van der Waals surface area contributed by atoms with Gasteiger partial charge in [0.2, 0.25) is 0 Å². The zero-order valence-electron chi connectivity index (χ0n) is 15.1. The van der Waals surface area contributed by atoms with Crippen molar-refractivity contribution in [2.24, 2.45) is 0 Å². The van der Waals surface area contributed by atoms with E-state index < -0.39 is 0 Å². The van der Waals surface area contributed by atoms with E-state index in [1.807, 2.05) is 37.3 Å². The predicted molar refractivity (Wildman–Crippen MR) is 103 cm³/mol. The standard InChI is InChI=1S/C21H17ClN2O4/c1-14-4-9-18(27-14)13-24(12-17-3-2-10-26-17)21(25)19-11-20(28-23-19)15-5-7-16(22)8-6-15/h2-11H,12-13H2,1H3. The zero-order valence-corrected chi connectivity index (χ0v) is 15.8. The number of aromatic nitrogens is 1. The number of aryl methyl sites for hydroxylation is 1. The van der Waals surface area contributed by atoms with E-state index in [2.05, 4.69) is 5.16 Å². The summed E-state index contributed by atoms with van der Waals surface area (Å²) in [5, 5.41) is 4.57. The van der Waals surface area contributed by atoms with Crippen LogP contribution in [-0.2, 0) is 13.1 Å². The van der Waals surface area contributed by atoms with Gasteiger partial charge in [-0.3, -0.25) is 4.79 Å². The van der Waals surface area contributed by atoms with E-state index in [4.69, 9.17) is 25.0 Å². The summed E-state index contributed by atoms with van der Waals surface area (Å²) in [6, 6.07) is 16.0. The highest BCUT2D eigenvalue weighted by molar-refractivity contribution is 6.30. The monoisotopic (exact) mass is 396 g/mol. The number of carbonyl (C=O) groups excluding carboxylic acids is 1. The molecule has 0 radical (unpaired) electrons. The fourth-order valence-electron chi connectivity index (χ4n) is 2.84. The van der Waals surface area contributed by atoms with Crippen molar-refractivity contribution in [3.63, 3.8) is 0 Å². The van der Waals surface area contributed by atoms with Crippen molar-refractivity contribution in [3.8, 4) is 11.3 Å². The van der Waals surface area contributed by atoms with Crippen LogP contribution in [0.4, 0.5) is 0 Å². The third kappa shape index (κ3) is 4.02. The van der Waals surface area contributed by atoms with Crippen molar-refractivity contribution in [1.82, 2.24) is 10.1 Å². The molecule has 3 aromatic heterocycles. The van der Waals surface area contributed by atoms with Crippen molar-refractivity contribution in [2.45, 2.75) is 20.0 Å². The molecule has 0 aliphatic heterocycles. The molecule has 0 aliphatic rings. The van der Waals surface area contributed by atoms with E-state index in [1.165, 1.54) is 0 Å². The minimum Gasteiger partial charge on any atom is -0.467 e. The van der Waals surface area contributed by atoms with E-state index in [1.54, 1.807) is 35.4 Å². The normalized spacial score (nSPS) is 10.9. The highest BCUT2D eigenvalue weighted by atomic mass is 35.5. The molecule has 1 aromatic carbocycles. The first-order valence-corrected chi connectivity index (χ1v) is 9.06. The van der Waals surface area contributed by atoms with Gasteiger partial charge in [-0.1, -0.05) is 16.8 Å². The van der Waals surface area contributed by atoms with Gasteiger partial charge in [0.05, 0.1) is 19.4 Å². The van der Waals surface area contributed by atoms with Gasteiger partial charge in [0, 0.05) is 16.7 Å². The molecule has 7 heteroatoms. The topological polar surface area (TPSA) is 72.6 Å². The number of carbonyl (C=O) groups is 1. The Hall–Kier alpha value is -3.25. The summed E-state index contributed by atoms with van der Waals surface area (Å²) in [5.41, 5.74) is 0.995. The number of benzene rings is 1. The summed E-state index contributed by atoms with van der Waals surface area (Å²) in [7, 11) is 0. The lowest BCUT2D eigenvalue weighted by molar-refractivity contribution is 0.0693. The zero-order chi connectivity index (χ0) is 19.5. The fraction of sp³-hybridized carbons (Fsp3) is 0.143. The lowest BCUT2D eigenvalue weighted by atomic mass is 10.1. The number of hydrogen-bond donors (Lipinski definition) is 0. The molecule has 28 heavy (non-hydrogen) atoms. The molecule has 3 heterocycles. The van der Waals surface area contributed by atoms with Crippen LogP contribution in [-0.4, -0.2) is 16.0 Å². The summed E-state index contributed by atoms with van der Waals surface area (Å²) in [5.74, 6) is 2.34. The molecule has 0 fully saturated rings. The molecule has 0 bridgehead atoms. The fourth-order valence-corrected chi connectivity index (χ4v) is 2.96. The number of halogens is 1. The third-order valence-electron chi connectivity index (χ3n) is 4.21. The van der Waals surface area contributed by atoms with Crippen LogP contribution < -0.4 is 0 Å². The molecular weight excluding hydrogens is 380 g/mol. The molecular formula is C21H17ClN2O4. The van der Waals surface area contributed by atoms with Crippen LogP contribution in [0.1, 0.15) is 27.8 Å². The first-order chi connectivity index (χ1) is 13.6. The third-order valence-corrected chi connectivity index (χ3v) is 4.47. The average molecular weight is 397 g/mol. The van der Waals surface area contributed by atoms with Crippen molar-refractivity contribution >= 4 is 17.5 Å². The van der Waals surface area contributed by atoms with Crippen molar-refractivity contribution < 1.29 is 18.2 Å². The quantitative estimate of drug-likeness (QED) is 0.440. The van der Waals surface area contributed by atoms with E-state index in [-0.39, 0.29) is 24.7 Å². The number of hydrogen-bond acceptors (Lipinski definition) is 5. The molecule has 4 rings (SSSR count). The van der Waals surface area contributed by atoms with Crippen LogP contribution in [0.15, 0.2) is 74.2 Å². The molecule has 0 N–H and O–H groups in total. The van der Waals surface area contributed by atoms with Crippen LogP contribution in [0.3, 0.4) is 0 Å². The first kappa shape index (κ1) is 18.1. The maximum atomic E-state index is 13.1. The van der Waals surface area contributed by atoms with Gasteiger partial charge in [0.25, 0.3) is 5.91 Å².